The molecule has 1 amide bonds. The van der Waals surface area contributed by atoms with Crippen molar-refractivity contribution < 1.29 is 57.9 Å². The van der Waals surface area contributed by atoms with Crippen LogP contribution >= 0.6 is 0 Å². The van der Waals surface area contributed by atoms with E-state index in [1.807, 2.05) is 20.8 Å². The summed E-state index contributed by atoms with van der Waals surface area (Å²) < 4.78 is 31.7. The van der Waals surface area contributed by atoms with Gasteiger partial charge in [0.2, 0.25) is 5.79 Å². The lowest BCUT2D eigenvalue weighted by Crippen LogP contribution is -2.61. The number of tetrazole rings is 1. The van der Waals surface area contributed by atoms with E-state index in [2.05, 4.69) is 28.5 Å². The fourth-order valence-electron chi connectivity index (χ4n) is 11.3. The second kappa shape index (κ2) is 26.1. The number of fused-ring (bicyclic) bond motifs is 3. The first kappa shape index (κ1) is 56.2. The van der Waals surface area contributed by atoms with Crippen molar-refractivity contribution in [1.29, 1.82) is 0 Å². The normalized spacial score (nSPS) is 37.5. The van der Waals surface area contributed by atoms with Crippen molar-refractivity contribution in [3.63, 3.8) is 0 Å². The Morgan fingerprint density at radius 2 is 1.61 bits per heavy atom. The van der Waals surface area contributed by atoms with Crippen LogP contribution in [0.4, 0.5) is 0 Å². The van der Waals surface area contributed by atoms with Gasteiger partial charge in [0, 0.05) is 58.5 Å². The number of aliphatic hydroxyl groups excluding tert-OH is 1. The van der Waals surface area contributed by atoms with Crippen LogP contribution in [0, 0.1) is 35.5 Å². The van der Waals surface area contributed by atoms with E-state index in [0.29, 0.717) is 56.9 Å². The SMILES string of the molecule is CO[C@H]1C[C@@H]2CC[C@@H](C)[C@@](O)(O2)C(=O)C(=O)N2CCCC[C@H]2C(=O)O[C@H]([C@H](C)C[C@@H]2CC[C@H](n3cnnn3)[C@H](OC)C2)CC(=O)[C@H](C)/C=C(\C)[C@@H](O)[C@@H](OC)C(=O)[C@H](C)C[C@H](C)CCCCC=C1C. The molecule has 2 saturated heterocycles. The molecule has 2 N–H and O–H groups in total. The van der Waals surface area contributed by atoms with Crippen LogP contribution in [0.25, 0.3) is 0 Å². The molecule has 0 spiro atoms. The van der Waals surface area contributed by atoms with Gasteiger partial charge in [0.25, 0.3) is 11.7 Å². The third-order valence-corrected chi connectivity index (χ3v) is 15.8. The summed E-state index contributed by atoms with van der Waals surface area (Å²) in [6.45, 7) is 13.1. The number of allylic oxidation sites excluding steroid dienone is 2. The van der Waals surface area contributed by atoms with Crippen molar-refractivity contribution in [1.82, 2.24) is 25.1 Å². The highest BCUT2D eigenvalue weighted by Crippen LogP contribution is 2.39. The molecule has 1 aromatic rings. The first-order chi connectivity index (χ1) is 32.8. The molecule has 3 fully saturated rings. The largest absolute Gasteiger partial charge is 0.460 e. The zero-order valence-corrected chi connectivity index (χ0v) is 43.0. The number of amides is 1. The minimum atomic E-state index is -2.41. The molecule has 388 valence electrons. The van der Waals surface area contributed by atoms with Crippen molar-refractivity contribution in [2.45, 2.75) is 206 Å². The zero-order chi connectivity index (χ0) is 50.6. The van der Waals surface area contributed by atoms with Crippen molar-refractivity contribution in [2.24, 2.45) is 35.5 Å². The van der Waals surface area contributed by atoms with Gasteiger partial charge in [0.15, 0.2) is 5.78 Å². The molecule has 15 atom stereocenters. The summed E-state index contributed by atoms with van der Waals surface area (Å²) in [5.41, 5.74) is 1.41. The Balaban J connectivity index is 1.44. The topological polar surface area (TPSA) is 219 Å². The van der Waals surface area contributed by atoms with E-state index in [0.717, 1.165) is 44.1 Å². The number of piperidine rings is 1. The number of cyclic esters (lactones) is 1. The third-order valence-electron chi connectivity index (χ3n) is 15.8. The number of aromatic nitrogens is 4. The summed E-state index contributed by atoms with van der Waals surface area (Å²) in [7, 11) is 4.69. The molecule has 0 unspecified atom stereocenters. The Morgan fingerprint density at radius 1 is 0.870 bits per heavy atom. The van der Waals surface area contributed by atoms with Crippen LogP contribution < -0.4 is 0 Å². The van der Waals surface area contributed by atoms with Gasteiger partial charge in [0.05, 0.1) is 24.4 Å². The predicted molar refractivity (Wildman–Crippen MR) is 256 cm³/mol. The molecule has 17 heteroatoms. The number of ketones is 3. The molecule has 3 aliphatic heterocycles. The summed E-state index contributed by atoms with van der Waals surface area (Å²) in [5, 5.41) is 35.2. The highest BCUT2D eigenvalue weighted by atomic mass is 16.6. The fraction of sp³-hybridized carbons (Fsp3) is 0.808. The molecule has 4 aliphatic rings. The second-order valence-electron chi connectivity index (χ2n) is 21.1. The number of hydrogen-bond acceptors (Lipinski definition) is 15. The van der Waals surface area contributed by atoms with Crippen LogP contribution in [0.15, 0.2) is 29.6 Å². The Hall–Kier alpha value is -3.74. The highest BCUT2D eigenvalue weighted by molar-refractivity contribution is 6.39. The lowest BCUT2D eigenvalue weighted by Gasteiger charge is -2.42. The van der Waals surface area contributed by atoms with Crippen LogP contribution in [-0.2, 0) is 47.7 Å². The van der Waals surface area contributed by atoms with Gasteiger partial charge in [-0.1, -0.05) is 59.6 Å². The number of carbonyl (C=O) groups excluding carboxylic acids is 5. The number of rotatable bonds is 7. The van der Waals surface area contributed by atoms with Crippen LogP contribution in [0.1, 0.15) is 157 Å². The standard InChI is InChI=1S/C52H83N5O12/c1-31-16-12-11-13-17-32(2)43(65-8)28-39-21-19-37(7)52(64,69-39)49(61)50(62)56-23-15-14-18-41(56)51(63)68-44(34(4)26-38-20-22-40(45(27-38)66-9)57-30-53-54-55-57)29-42(58)33(3)25-36(6)47(60)48(67-10)46(59)35(5)24-31/h17,25,30-31,33-35,37-41,43-45,47-48,60,64H,11-16,18-24,26-29H2,1-10H3/b32-17?,36-25+/t31-,33-,34-,35-,37-,38+,39+,40+,41+,43+,44+,45-,47-,48+,52-/m1/s1. The van der Waals surface area contributed by atoms with Crippen LogP contribution in [0.5, 0.6) is 0 Å². The molecule has 69 heavy (non-hydrogen) atoms. The van der Waals surface area contributed by atoms with Crippen molar-refractivity contribution in [3.8, 4) is 0 Å². The smallest absolute Gasteiger partial charge is 0.329 e. The summed E-state index contributed by atoms with van der Waals surface area (Å²) in [6.07, 6.45) is 10.6. The van der Waals surface area contributed by atoms with Gasteiger partial charge in [-0.2, -0.15) is 0 Å². The second-order valence-corrected chi connectivity index (χ2v) is 21.1. The molecule has 2 bridgehead atoms. The number of hydrogen-bond donors (Lipinski definition) is 2. The number of Topliss-reactive ketones (excluding diaryl/α,β-unsaturated/α-hetero) is 3. The van der Waals surface area contributed by atoms with E-state index in [1.54, 1.807) is 52.1 Å². The summed E-state index contributed by atoms with van der Waals surface area (Å²) in [5.74, 6) is -7.43. The van der Waals surface area contributed by atoms with E-state index in [1.165, 1.54) is 12.0 Å². The van der Waals surface area contributed by atoms with Crippen LogP contribution in [0.2, 0.25) is 0 Å². The van der Waals surface area contributed by atoms with Gasteiger partial charge in [-0.3, -0.25) is 19.2 Å². The summed E-state index contributed by atoms with van der Waals surface area (Å²) in [6, 6.07) is -1.18. The number of esters is 1. The van der Waals surface area contributed by atoms with Crippen LogP contribution in [0.3, 0.4) is 0 Å². The maximum Gasteiger partial charge on any atom is 0.329 e. The number of carbonyl (C=O) groups is 5. The first-order valence-corrected chi connectivity index (χ1v) is 25.7. The number of nitrogens with zero attached hydrogens (tertiary/aromatic N) is 5. The third kappa shape index (κ3) is 14.5. The number of methoxy groups -OCH3 is 3. The van der Waals surface area contributed by atoms with Crippen molar-refractivity contribution >= 4 is 29.2 Å². The Morgan fingerprint density at radius 3 is 2.29 bits per heavy atom. The van der Waals surface area contributed by atoms with Gasteiger partial charge >= 0.3 is 5.97 Å². The Bertz CT molecular complexity index is 1930. The Kier molecular flexibility index (Phi) is 21.3. The summed E-state index contributed by atoms with van der Waals surface area (Å²) >= 11 is 0. The van der Waals surface area contributed by atoms with Crippen LogP contribution in [-0.4, -0.2) is 141 Å². The van der Waals surface area contributed by atoms with E-state index < -0.39 is 65.7 Å². The van der Waals surface area contributed by atoms with Crippen molar-refractivity contribution in [3.05, 3.63) is 29.6 Å². The molecular formula is C52H83N5O12. The Labute approximate surface area is 409 Å². The molecule has 1 aliphatic carbocycles. The predicted octanol–water partition coefficient (Wildman–Crippen LogP) is 6.50. The molecule has 17 nitrogen and oxygen atoms in total. The quantitative estimate of drug-likeness (QED) is 0.169. The minimum Gasteiger partial charge on any atom is -0.460 e. The monoisotopic (exact) mass is 970 g/mol. The van der Waals surface area contributed by atoms with Gasteiger partial charge in [-0.25, -0.2) is 9.48 Å². The average molecular weight is 970 g/mol. The average Bonchev–Trinajstić information content (AvgIpc) is 3.88. The van der Waals surface area contributed by atoms with Gasteiger partial charge in [-0.05, 0) is 130 Å². The number of ether oxygens (including phenoxy) is 5. The molecule has 4 heterocycles. The molecule has 0 aromatic carbocycles. The zero-order valence-electron chi connectivity index (χ0n) is 43.0. The van der Waals surface area contributed by atoms with Gasteiger partial charge in [0.1, 0.15) is 36.5 Å². The van der Waals surface area contributed by atoms with E-state index in [9.17, 15) is 34.2 Å². The van der Waals surface area contributed by atoms with E-state index in [4.69, 9.17) is 23.7 Å². The highest BCUT2D eigenvalue weighted by Gasteiger charge is 2.53. The maximum absolute atomic E-state index is 14.5. The lowest BCUT2D eigenvalue weighted by molar-refractivity contribution is -0.265. The summed E-state index contributed by atoms with van der Waals surface area (Å²) in [4.78, 5) is 72.4. The molecule has 1 aromatic heterocycles. The minimum absolute atomic E-state index is 0.0468. The molecule has 0 radical (unpaired) electrons. The first-order valence-electron chi connectivity index (χ1n) is 25.7. The van der Waals surface area contributed by atoms with E-state index >= 15 is 0 Å². The molecule has 1 saturated carbocycles. The maximum atomic E-state index is 14.5. The van der Waals surface area contributed by atoms with E-state index in [-0.39, 0.29) is 72.9 Å². The van der Waals surface area contributed by atoms with Crippen molar-refractivity contribution in [2.75, 3.05) is 27.9 Å². The molecular weight excluding hydrogens is 887 g/mol. The fourth-order valence-corrected chi connectivity index (χ4v) is 11.3. The van der Waals surface area contributed by atoms with Gasteiger partial charge < -0.3 is 38.8 Å². The van der Waals surface area contributed by atoms with Gasteiger partial charge in [-0.15, -0.1) is 5.10 Å². The lowest BCUT2D eigenvalue weighted by atomic mass is 9.77. The molecule has 5 rings (SSSR count). The number of aliphatic hydroxyl groups is 2.